The first-order valence-corrected chi connectivity index (χ1v) is 5.74. The van der Waals surface area contributed by atoms with Crippen molar-refractivity contribution >= 4 is 0 Å². The van der Waals surface area contributed by atoms with Crippen LogP contribution in [0.2, 0.25) is 0 Å². The van der Waals surface area contributed by atoms with Gasteiger partial charge in [-0.2, -0.15) is 0 Å². The minimum Gasteiger partial charge on any atom is -0.353 e. The van der Waals surface area contributed by atoms with E-state index >= 15 is 0 Å². The summed E-state index contributed by atoms with van der Waals surface area (Å²) in [5.41, 5.74) is 0. The topological polar surface area (TPSA) is 18.5 Å². The van der Waals surface area contributed by atoms with Gasteiger partial charge in [-0.05, 0) is 27.7 Å². The Balaban J connectivity index is -0.000000173. The van der Waals surface area contributed by atoms with Crippen molar-refractivity contribution in [1.82, 2.24) is 0 Å². The third kappa shape index (κ3) is 42.3. The first kappa shape index (κ1) is 20.0. The number of unbranched alkanes of at least 4 members (excludes halogenated alkanes) is 1. The first-order chi connectivity index (χ1) is 7.14. The Bertz CT molecular complexity index is 108. The van der Waals surface area contributed by atoms with E-state index in [2.05, 4.69) is 26.2 Å². The summed E-state index contributed by atoms with van der Waals surface area (Å²) in [5.74, 6) is 2.25. The third-order valence-electron chi connectivity index (χ3n) is 1.30. The molecule has 0 heterocycles. The van der Waals surface area contributed by atoms with Gasteiger partial charge in [0.2, 0.25) is 0 Å². The van der Waals surface area contributed by atoms with E-state index in [0.29, 0.717) is 0 Å². The summed E-state index contributed by atoms with van der Waals surface area (Å²) in [6, 6.07) is 0. The SMILES string of the molecule is C#CC.CCCC.CCOC(C)OCC. The Morgan fingerprint density at radius 2 is 1.27 bits per heavy atom. The third-order valence-corrected chi connectivity index (χ3v) is 1.30. The molecule has 0 radical (unpaired) electrons. The smallest absolute Gasteiger partial charge is 0.154 e. The van der Waals surface area contributed by atoms with Crippen molar-refractivity contribution in [3.05, 3.63) is 0 Å². The van der Waals surface area contributed by atoms with Crippen molar-refractivity contribution in [2.75, 3.05) is 13.2 Å². The van der Waals surface area contributed by atoms with Crippen LogP contribution in [0.25, 0.3) is 0 Å². The fourth-order valence-electron chi connectivity index (χ4n) is 0.518. The summed E-state index contributed by atoms with van der Waals surface area (Å²) in [6.45, 7) is 13.3. The second-order valence-electron chi connectivity index (χ2n) is 2.77. The van der Waals surface area contributed by atoms with Crippen LogP contribution in [0.15, 0.2) is 0 Å². The van der Waals surface area contributed by atoms with Gasteiger partial charge in [0, 0.05) is 13.2 Å². The van der Waals surface area contributed by atoms with E-state index in [1.165, 1.54) is 12.8 Å². The molecule has 0 amide bonds. The van der Waals surface area contributed by atoms with E-state index in [-0.39, 0.29) is 6.29 Å². The van der Waals surface area contributed by atoms with Crippen LogP contribution in [-0.4, -0.2) is 19.5 Å². The molecule has 0 saturated carbocycles. The van der Waals surface area contributed by atoms with Gasteiger partial charge < -0.3 is 9.47 Å². The van der Waals surface area contributed by atoms with E-state index in [9.17, 15) is 0 Å². The van der Waals surface area contributed by atoms with E-state index in [1.54, 1.807) is 6.92 Å². The number of ether oxygens (including phenoxy) is 2. The second-order valence-corrected chi connectivity index (χ2v) is 2.77. The Morgan fingerprint density at radius 3 is 1.40 bits per heavy atom. The molecule has 0 aromatic carbocycles. The number of rotatable bonds is 5. The fourth-order valence-corrected chi connectivity index (χ4v) is 0.518. The Morgan fingerprint density at radius 1 is 1.00 bits per heavy atom. The van der Waals surface area contributed by atoms with Gasteiger partial charge in [0.05, 0.1) is 0 Å². The Hall–Kier alpha value is -0.520. The molecule has 0 unspecified atom stereocenters. The minimum absolute atomic E-state index is 0.0370. The molecule has 0 bridgehead atoms. The van der Waals surface area contributed by atoms with Crippen molar-refractivity contribution in [2.24, 2.45) is 0 Å². The molecule has 0 aliphatic rings. The van der Waals surface area contributed by atoms with Gasteiger partial charge in [0.15, 0.2) is 6.29 Å². The molecule has 0 aliphatic heterocycles. The largest absolute Gasteiger partial charge is 0.353 e. The molecular weight excluding hydrogens is 188 g/mol. The summed E-state index contributed by atoms with van der Waals surface area (Å²) in [4.78, 5) is 0. The number of terminal acetylenes is 1. The van der Waals surface area contributed by atoms with Crippen molar-refractivity contribution in [3.8, 4) is 12.3 Å². The lowest BCUT2D eigenvalue weighted by molar-refractivity contribution is -0.123. The summed E-state index contributed by atoms with van der Waals surface area (Å²) >= 11 is 0. The maximum absolute atomic E-state index is 5.06. The fraction of sp³-hybridized carbons (Fsp3) is 0.846. The van der Waals surface area contributed by atoms with Gasteiger partial charge in [-0.3, -0.25) is 0 Å². The van der Waals surface area contributed by atoms with Crippen molar-refractivity contribution in [2.45, 2.75) is 60.7 Å². The van der Waals surface area contributed by atoms with Gasteiger partial charge in [0.25, 0.3) is 0 Å². The highest BCUT2D eigenvalue weighted by Gasteiger charge is 1.94. The summed E-state index contributed by atoms with van der Waals surface area (Å²) in [7, 11) is 0. The van der Waals surface area contributed by atoms with Crippen molar-refractivity contribution < 1.29 is 9.47 Å². The van der Waals surface area contributed by atoms with Crippen LogP contribution < -0.4 is 0 Å². The second kappa shape index (κ2) is 23.4. The standard InChI is InChI=1S/C6H14O2.C4H10.C3H4/c1-4-7-6(3)8-5-2;1-3-4-2;1-3-2/h6H,4-5H2,1-3H3;3-4H2,1-2H3;1H,2H3. The van der Waals surface area contributed by atoms with E-state index in [0.717, 1.165) is 13.2 Å². The maximum Gasteiger partial charge on any atom is 0.154 e. The van der Waals surface area contributed by atoms with Gasteiger partial charge in [-0.25, -0.2) is 0 Å². The van der Waals surface area contributed by atoms with Crippen LogP contribution in [0.3, 0.4) is 0 Å². The monoisotopic (exact) mass is 216 g/mol. The van der Waals surface area contributed by atoms with Crippen molar-refractivity contribution in [1.29, 1.82) is 0 Å². The van der Waals surface area contributed by atoms with Crippen LogP contribution >= 0.6 is 0 Å². The van der Waals surface area contributed by atoms with E-state index in [4.69, 9.17) is 9.47 Å². The quantitative estimate of drug-likeness (QED) is 0.513. The van der Waals surface area contributed by atoms with Crippen LogP contribution in [0.4, 0.5) is 0 Å². The molecule has 0 fully saturated rings. The molecular formula is C13H28O2. The van der Waals surface area contributed by atoms with Crippen LogP contribution in [0.5, 0.6) is 0 Å². The Kier molecular flexibility index (Phi) is 31.1. The van der Waals surface area contributed by atoms with Crippen LogP contribution in [0, 0.1) is 12.3 Å². The normalized spacial score (nSPS) is 8.13. The summed E-state index contributed by atoms with van der Waals surface area (Å²) in [5, 5.41) is 0. The predicted octanol–water partition coefficient (Wildman–Crippen LogP) is 3.85. The number of hydrogen-bond donors (Lipinski definition) is 0. The average molecular weight is 216 g/mol. The zero-order valence-electron chi connectivity index (χ0n) is 11.3. The lowest BCUT2D eigenvalue weighted by Crippen LogP contribution is -2.11. The molecule has 0 saturated heterocycles. The van der Waals surface area contributed by atoms with E-state index < -0.39 is 0 Å². The van der Waals surface area contributed by atoms with E-state index in [1.807, 2.05) is 20.8 Å². The zero-order valence-corrected chi connectivity index (χ0v) is 11.3. The van der Waals surface area contributed by atoms with Crippen LogP contribution in [-0.2, 0) is 9.47 Å². The molecule has 0 rings (SSSR count). The van der Waals surface area contributed by atoms with Gasteiger partial charge in [-0.1, -0.05) is 26.7 Å². The maximum atomic E-state index is 5.06. The minimum atomic E-state index is -0.0370. The molecule has 0 spiro atoms. The molecule has 0 aromatic rings. The highest BCUT2D eigenvalue weighted by Crippen LogP contribution is 1.90. The van der Waals surface area contributed by atoms with Gasteiger partial charge in [0.1, 0.15) is 0 Å². The average Bonchev–Trinajstić information content (AvgIpc) is 2.20. The highest BCUT2D eigenvalue weighted by molar-refractivity contribution is 4.73. The predicted molar refractivity (Wildman–Crippen MR) is 67.8 cm³/mol. The summed E-state index contributed by atoms with van der Waals surface area (Å²) < 4.78 is 10.1. The molecule has 0 atom stereocenters. The molecule has 0 aliphatic carbocycles. The molecule has 2 nitrogen and oxygen atoms in total. The zero-order chi connectivity index (χ0) is 12.5. The molecule has 92 valence electrons. The van der Waals surface area contributed by atoms with Gasteiger partial charge >= 0.3 is 0 Å². The Labute approximate surface area is 96.4 Å². The molecule has 2 heteroatoms. The number of hydrogen-bond acceptors (Lipinski definition) is 2. The van der Waals surface area contributed by atoms with Crippen LogP contribution in [0.1, 0.15) is 54.4 Å². The molecule has 15 heavy (non-hydrogen) atoms. The van der Waals surface area contributed by atoms with Crippen molar-refractivity contribution in [3.63, 3.8) is 0 Å². The first-order valence-electron chi connectivity index (χ1n) is 5.74. The lowest BCUT2D eigenvalue weighted by Gasteiger charge is -2.09. The lowest BCUT2D eigenvalue weighted by atomic mass is 10.4. The highest BCUT2D eigenvalue weighted by atomic mass is 16.7. The van der Waals surface area contributed by atoms with Gasteiger partial charge in [-0.15, -0.1) is 12.3 Å². The molecule has 0 N–H and O–H groups in total. The molecule has 0 aromatic heterocycles. The summed E-state index contributed by atoms with van der Waals surface area (Å²) in [6.07, 6.45) is 7.20.